The van der Waals surface area contributed by atoms with E-state index in [0.29, 0.717) is 12.5 Å². The Hall–Kier alpha value is -1.51. The van der Waals surface area contributed by atoms with E-state index in [0.717, 1.165) is 56.4 Å². The van der Waals surface area contributed by atoms with Gasteiger partial charge in [0.05, 0.1) is 26.2 Å². The summed E-state index contributed by atoms with van der Waals surface area (Å²) in [7, 11) is 1.46. The summed E-state index contributed by atoms with van der Waals surface area (Å²) in [6.07, 6.45) is 1.61. The first-order valence-corrected chi connectivity index (χ1v) is 9.86. The van der Waals surface area contributed by atoms with Gasteiger partial charge < -0.3 is 19.7 Å². The standard InChI is InChI=1S/C21H33N3O3.HI/c1-5-22-21(24-12-10-18(11-13-24)20(25)26-4)23-14-17-6-8-19(9-7-17)27-15-16(2)3;/h6-9,16,18H,5,10-15H2,1-4H3,(H,22,23);1H. The monoisotopic (exact) mass is 503 g/mol. The molecule has 1 aliphatic heterocycles. The van der Waals surface area contributed by atoms with Crippen molar-refractivity contribution in [2.75, 3.05) is 33.4 Å². The highest BCUT2D eigenvalue weighted by Gasteiger charge is 2.26. The molecule has 1 aliphatic rings. The Balaban J connectivity index is 0.00000392. The van der Waals surface area contributed by atoms with Crippen LogP contribution in [0.2, 0.25) is 0 Å². The summed E-state index contributed by atoms with van der Waals surface area (Å²) in [5.74, 6) is 2.22. The van der Waals surface area contributed by atoms with E-state index < -0.39 is 0 Å². The van der Waals surface area contributed by atoms with E-state index >= 15 is 0 Å². The van der Waals surface area contributed by atoms with Gasteiger partial charge in [-0.1, -0.05) is 26.0 Å². The van der Waals surface area contributed by atoms with Gasteiger partial charge in [-0.3, -0.25) is 4.79 Å². The molecule has 1 saturated heterocycles. The highest BCUT2D eigenvalue weighted by Crippen LogP contribution is 2.19. The molecule has 0 radical (unpaired) electrons. The number of piperidine rings is 1. The number of benzene rings is 1. The van der Waals surface area contributed by atoms with Gasteiger partial charge in [0.1, 0.15) is 5.75 Å². The highest BCUT2D eigenvalue weighted by molar-refractivity contribution is 14.0. The fraction of sp³-hybridized carbons (Fsp3) is 0.619. The van der Waals surface area contributed by atoms with Crippen LogP contribution in [0.1, 0.15) is 39.2 Å². The van der Waals surface area contributed by atoms with E-state index in [-0.39, 0.29) is 35.9 Å². The number of aliphatic imine (C=N–C) groups is 1. The van der Waals surface area contributed by atoms with E-state index in [4.69, 9.17) is 14.5 Å². The van der Waals surface area contributed by atoms with Crippen molar-refractivity contribution in [3.05, 3.63) is 29.8 Å². The molecular weight excluding hydrogens is 469 g/mol. The molecule has 2 rings (SSSR count). The predicted molar refractivity (Wildman–Crippen MR) is 123 cm³/mol. The van der Waals surface area contributed by atoms with Gasteiger partial charge >= 0.3 is 5.97 Å². The highest BCUT2D eigenvalue weighted by atomic mass is 127. The van der Waals surface area contributed by atoms with E-state index in [2.05, 4.69) is 43.1 Å². The van der Waals surface area contributed by atoms with Crippen molar-refractivity contribution >= 4 is 35.9 Å². The average Bonchev–Trinajstić information content (AvgIpc) is 2.70. The first kappa shape index (κ1) is 24.5. The number of likely N-dealkylation sites (tertiary alicyclic amines) is 1. The van der Waals surface area contributed by atoms with Gasteiger partial charge in [0, 0.05) is 19.6 Å². The van der Waals surface area contributed by atoms with Crippen molar-refractivity contribution in [2.45, 2.75) is 40.2 Å². The molecule has 0 atom stereocenters. The summed E-state index contributed by atoms with van der Waals surface area (Å²) < 4.78 is 10.6. The molecule has 0 saturated carbocycles. The summed E-state index contributed by atoms with van der Waals surface area (Å²) in [6.45, 7) is 10.1. The maximum atomic E-state index is 11.7. The number of nitrogens with one attached hydrogen (secondary N) is 1. The molecule has 0 spiro atoms. The SMILES string of the molecule is CCNC(=NCc1ccc(OCC(C)C)cc1)N1CCC(C(=O)OC)CC1.I. The van der Waals surface area contributed by atoms with Gasteiger partial charge in [0.15, 0.2) is 5.96 Å². The topological polar surface area (TPSA) is 63.2 Å². The summed E-state index contributed by atoms with van der Waals surface area (Å²) in [4.78, 5) is 18.7. The third-order valence-corrected chi connectivity index (χ3v) is 4.58. The normalized spacial score (nSPS) is 15.2. The van der Waals surface area contributed by atoms with Crippen LogP contribution in [-0.4, -0.2) is 50.2 Å². The second-order valence-electron chi connectivity index (χ2n) is 7.30. The number of guanidine groups is 1. The minimum Gasteiger partial charge on any atom is -0.493 e. The first-order chi connectivity index (χ1) is 13.0. The lowest BCUT2D eigenvalue weighted by molar-refractivity contribution is -0.146. The molecule has 1 aromatic rings. The Kier molecular flexibility index (Phi) is 11.3. The van der Waals surface area contributed by atoms with Crippen LogP contribution in [0.15, 0.2) is 29.3 Å². The van der Waals surface area contributed by atoms with Crippen molar-refractivity contribution in [3.8, 4) is 5.75 Å². The number of methoxy groups -OCH3 is 1. The van der Waals surface area contributed by atoms with Crippen LogP contribution >= 0.6 is 24.0 Å². The Morgan fingerprint density at radius 1 is 1.25 bits per heavy atom. The number of nitrogens with zero attached hydrogens (tertiary/aromatic N) is 2. The molecule has 6 nitrogen and oxygen atoms in total. The lowest BCUT2D eigenvalue weighted by Crippen LogP contribution is -2.46. The Morgan fingerprint density at radius 2 is 1.89 bits per heavy atom. The smallest absolute Gasteiger partial charge is 0.308 e. The zero-order valence-corrected chi connectivity index (χ0v) is 19.8. The van der Waals surface area contributed by atoms with E-state index in [1.807, 2.05) is 12.1 Å². The summed E-state index contributed by atoms with van der Waals surface area (Å²) >= 11 is 0. The van der Waals surface area contributed by atoms with Gasteiger partial charge in [-0.25, -0.2) is 4.99 Å². The fourth-order valence-electron chi connectivity index (χ4n) is 3.04. The lowest BCUT2D eigenvalue weighted by Gasteiger charge is -2.33. The van der Waals surface area contributed by atoms with Crippen LogP contribution in [0.5, 0.6) is 5.75 Å². The van der Waals surface area contributed by atoms with Crippen LogP contribution in [0.25, 0.3) is 0 Å². The number of rotatable bonds is 7. The van der Waals surface area contributed by atoms with Gasteiger partial charge in [0.2, 0.25) is 0 Å². The van der Waals surface area contributed by atoms with Crippen molar-refractivity contribution in [1.82, 2.24) is 10.2 Å². The summed E-state index contributed by atoms with van der Waals surface area (Å²) in [6, 6.07) is 8.13. The Morgan fingerprint density at radius 3 is 2.43 bits per heavy atom. The van der Waals surface area contributed by atoms with Gasteiger partial charge in [0.25, 0.3) is 0 Å². The van der Waals surface area contributed by atoms with Crippen molar-refractivity contribution in [3.63, 3.8) is 0 Å². The van der Waals surface area contributed by atoms with E-state index in [1.165, 1.54) is 7.11 Å². The quantitative estimate of drug-likeness (QED) is 0.266. The molecule has 0 aliphatic carbocycles. The number of ether oxygens (including phenoxy) is 2. The third-order valence-electron chi connectivity index (χ3n) is 4.58. The average molecular weight is 503 g/mol. The van der Waals surface area contributed by atoms with Crippen LogP contribution in [0.4, 0.5) is 0 Å². The minimum absolute atomic E-state index is 0. The number of carbonyl (C=O) groups is 1. The van der Waals surface area contributed by atoms with Crippen LogP contribution < -0.4 is 10.1 Å². The Bertz CT molecular complexity index is 612. The molecule has 0 bridgehead atoms. The molecule has 1 heterocycles. The molecule has 7 heteroatoms. The van der Waals surface area contributed by atoms with Crippen LogP contribution in [0, 0.1) is 11.8 Å². The number of halogens is 1. The third kappa shape index (κ3) is 7.85. The number of hydrogen-bond acceptors (Lipinski definition) is 4. The van der Waals surface area contributed by atoms with Gasteiger partial charge in [-0.05, 0) is 43.4 Å². The van der Waals surface area contributed by atoms with Gasteiger partial charge in [-0.2, -0.15) is 0 Å². The summed E-state index contributed by atoms with van der Waals surface area (Å²) in [5, 5.41) is 3.36. The molecular formula is C21H34IN3O3. The van der Waals surface area contributed by atoms with Crippen molar-refractivity contribution in [2.24, 2.45) is 16.8 Å². The maximum absolute atomic E-state index is 11.7. The van der Waals surface area contributed by atoms with Crippen LogP contribution in [-0.2, 0) is 16.1 Å². The van der Waals surface area contributed by atoms with E-state index in [1.54, 1.807) is 0 Å². The first-order valence-electron chi connectivity index (χ1n) is 9.86. The zero-order valence-electron chi connectivity index (χ0n) is 17.4. The molecule has 0 aromatic heterocycles. The fourth-order valence-corrected chi connectivity index (χ4v) is 3.04. The van der Waals surface area contributed by atoms with Gasteiger partial charge in [-0.15, -0.1) is 24.0 Å². The minimum atomic E-state index is -0.101. The summed E-state index contributed by atoms with van der Waals surface area (Å²) in [5.41, 5.74) is 1.15. The second-order valence-corrected chi connectivity index (χ2v) is 7.30. The molecule has 0 unspecified atom stereocenters. The maximum Gasteiger partial charge on any atom is 0.308 e. The predicted octanol–water partition coefficient (Wildman–Crippen LogP) is 3.69. The van der Waals surface area contributed by atoms with Crippen LogP contribution in [0.3, 0.4) is 0 Å². The molecule has 0 amide bonds. The zero-order chi connectivity index (χ0) is 19.6. The Labute approximate surface area is 186 Å². The number of hydrogen-bond donors (Lipinski definition) is 1. The second kappa shape index (κ2) is 12.9. The molecule has 1 aromatic carbocycles. The molecule has 28 heavy (non-hydrogen) atoms. The van der Waals surface area contributed by atoms with Crippen molar-refractivity contribution < 1.29 is 14.3 Å². The molecule has 1 fully saturated rings. The number of esters is 1. The van der Waals surface area contributed by atoms with Crippen molar-refractivity contribution in [1.29, 1.82) is 0 Å². The molecule has 1 N–H and O–H groups in total. The number of carbonyl (C=O) groups excluding carboxylic acids is 1. The lowest BCUT2D eigenvalue weighted by atomic mass is 9.97. The largest absolute Gasteiger partial charge is 0.493 e. The van der Waals surface area contributed by atoms with E-state index in [9.17, 15) is 4.79 Å². The molecule has 158 valence electrons.